The minimum Gasteiger partial charge on any atom is -0.312 e. The maximum Gasteiger partial charge on any atom is 0.123 e. The molecule has 1 aromatic heterocycles. The summed E-state index contributed by atoms with van der Waals surface area (Å²) in [7, 11) is 0. The highest BCUT2D eigenvalue weighted by Gasteiger charge is 2.12. The third-order valence-electron chi connectivity index (χ3n) is 3.23. The van der Waals surface area contributed by atoms with Gasteiger partial charge in [-0.15, -0.1) is 11.3 Å². The molecule has 0 aliphatic heterocycles. The summed E-state index contributed by atoms with van der Waals surface area (Å²) >= 11 is 1.77. The van der Waals surface area contributed by atoms with E-state index in [9.17, 15) is 4.39 Å². The number of nitrogens with zero attached hydrogens (tertiary/aromatic N) is 1. The second kappa shape index (κ2) is 7.66. The highest BCUT2D eigenvalue weighted by atomic mass is 32.1. The molecule has 0 atom stereocenters. The first-order valence-electron chi connectivity index (χ1n) is 7.51. The van der Waals surface area contributed by atoms with Gasteiger partial charge < -0.3 is 5.32 Å². The number of rotatable bonds is 7. The predicted molar refractivity (Wildman–Crippen MR) is 87.2 cm³/mol. The van der Waals surface area contributed by atoms with Gasteiger partial charge in [-0.2, -0.15) is 0 Å². The summed E-state index contributed by atoms with van der Waals surface area (Å²) in [5.41, 5.74) is 2.32. The molecule has 2 nitrogen and oxygen atoms in total. The standard InChI is InChI=1S/C17H23FN2S/c1-4-19-11-16-15(9-12(2)3)20-17(21-16)10-13-5-7-14(18)8-6-13/h5-8,12,19H,4,9-11H2,1-3H3. The largest absolute Gasteiger partial charge is 0.312 e. The third-order valence-corrected chi connectivity index (χ3v) is 4.33. The molecule has 0 saturated carbocycles. The number of halogens is 1. The number of thiazole rings is 1. The zero-order valence-electron chi connectivity index (χ0n) is 12.9. The SMILES string of the molecule is CCNCc1sc(Cc2ccc(F)cc2)nc1CC(C)C. The van der Waals surface area contributed by atoms with Gasteiger partial charge in [-0.3, -0.25) is 0 Å². The third kappa shape index (κ3) is 4.90. The first-order valence-corrected chi connectivity index (χ1v) is 8.32. The van der Waals surface area contributed by atoms with Gasteiger partial charge in [0.05, 0.1) is 10.7 Å². The van der Waals surface area contributed by atoms with E-state index in [4.69, 9.17) is 4.98 Å². The van der Waals surface area contributed by atoms with E-state index >= 15 is 0 Å². The van der Waals surface area contributed by atoms with Crippen LogP contribution in [-0.2, 0) is 19.4 Å². The average Bonchev–Trinajstić information content (AvgIpc) is 2.80. The molecular weight excluding hydrogens is 283 g/mol. The molecule has 0 fully saturated rings. The molecule has 21 heavy (non-hydrogen) atoms. The second-order valence-electron chi connectivity index (χ2n) is 5.66. The molecule has 2 aromatic rings. The molecule has 4 heteroatoms. The zero-order chi connectivity index (χ0) is 15.2. The maximum atomic E-state index is 13.0. The molecule has 0 aliphatic rings. The van der Waals surface area contributed by atoms with Gasteiger partial charge >= 0.3 is 0 Å². The van der Waals surface area contributed by atoms with Crippen LogP contribution in [0, 0.1) is 11.7 Å². The van der Waals surface area contributed by atoms with Gasteiger partial charge in [0.2, 0.25) is 0 Å². The molecule has 1 aromatic carbocycles. The molecule has 0 bridgehead atoms. The van der Waals surface area contributed by atoms with Gasteiger partial charge in [0.1, 0.15) is 5.82 Å². The Morgan fingerprint density at radius 2 is 1.95 bits per heavy atom. The van der Waals surface area contributed by atoms with E-state index in [1.807, 2.05) is 12.1 Å². The van der Waals surface area contributed by atoms with Gasteiger partial charge in [0.15, 0.2) is 0 Å². The van der Waals surface area contributed by atoms with Crippen LogP contribution in [0.1, 0.15) is 41.9 Å². The summed E-state index contributed by atoms with van der Waals surface area (Å²) in [5, 5.41) is 4.50. The Morgan fingerprint density at radius 3 is 2.57 bits per heavy atom. The van der Waals surface area contributed by atoms with Crippen LogP contribution in [0.15, 0.2) is 24.3 Å². The monoisotopic (exact) mass is 306 g/mol. The van der Waals surface area contributed by atoms with Crippen LogP contribution >= 0.6 is 11.3 Å². The van der Waals surface area contributed by atoms with Gasteiger partial charge in [-0.05, 0) is 36.6 Å². The van der Waals surface area contributed by atoms with Crippen molar-refractivity contribution in [3.63, 3.8) is 0 Å². The quantitative estimate of drug-likeness (QED) is 0.830. The normalized spacial score (nSPS) is 11.3. The first-order chi connectivity index (χ1) is 10.1. The number of hydrogen-bond donors (Lipinski definition) is 1. The molecule has 0 aliphatic carbocycles. The Balaban J connectivity index is 2.15. The smallest absolute Gasteiger partial charge is 0.123 e. The minimum atomic E-state index is -0.189. The fourth-order valence-electron chi connectivity index (χ4n) is 2.21. The minimum absolute atomic E-state index is 0.189. The van der Waals surface area contributed by atoms with Gasteiger partial charge in [0.25, 0.3) is 0 Å². The molecule has 114 valence electrons. The summed E-state index contributed by atoms with van der Waals surface area (Å²) in [6, 6.07) is 6.70. The molecule has 0 radical (unpaired) electrons. The van der Waals surface area contributed by atoms with Crippen molar-refractivity contribution >= 4 is 11.3 Å². The van der Waals surface area contributed by atoms with Crippen LogP contribution in [0.3, 0.4) is 0 Å². The van der Waals surface area contributed by atoms with Crippen LogP contribution in [0.4, 0.5) is 4.39 Å². The second-order valence-corrected chi connectivity index (χ2v) is 6.83. The molecule has 1 heterocycles. The van der Waals surface area contributed by atoms with Crippen LogP contribution in [0.5, 0.6) is 0 Å². The summed E-state index contributed by atoms with van der Waals surface area (Å²) in [5.74, 6) is 0.414. The Kier molecular flexibility index (Phi) is 5.88. The van der Waals surface area contributed by atoms with Crippen molar-refractivity contribution < 1.29 is 4.39 Å². The van der Waals surface area contributed by atoms with Gasteiger partial charge in [0, 0.05) is 17.8 Å². The average molecular weight is 306 g/mol. The van der Waals surface area contributed by atoms with E-state index in [1.165, 1.54) is 22.7 Å². The predicted octanol–water partition coefficient (Wildman–Crippen LogP) is 4.18. The molecular formula is C17H23FN2S. The highest BCUT2D eigenvalue weighted by molar-refractivity contribution is 7.11. The van der Waals surface area contributed by atoms with Crippen molar-refractivity contribution in [1.29, 1.82) is 0 Å². The molecule has 2 rings (SSSR count). The molecule has 1 N–H and O–H groups in total. The van der Waals surface area contributed by atoms with E-state index in [2.05, 4.69) is 26.1 Å². The number of nitrogens with one attached hydrogen (secondary N) is 1. The lowest BCUT2D eigenvalue weighted by molar-refractivity contribution is 0.625. The lowest BCUT2D eigenvalue weighted by Gasteiger charge is -2.04. The molecule has 0 unspecified atom stereocenters. The summed E-state index contributed by atoms with van der Waals surface area (Å²) in [6.07, 6.45) is 1.79. The fourth-order valence-corrected chi connectivity index (χ4v) is 3.31. The number of benzene rings is 1. The van der Waals surface area contributed by atoms with Crippen LogP contribution in [0.2, 0.25) is 0 Å². The maximum absolute atomic E-state index is 13.0. The Hall–Kier alpha value is -1.26. The number of hydrogen-bond acceptors (Lipinski definition) is 3. The van der Waals surface area contributed by atoms with Crippen molar-refractivity contribution in [3.8, 4) is 0 Å². The Labute approximate surface area is 130 Å². The Morgan fingerprint density at radius 1 is 1.24 bits per heavy atom. The van der Waals surface area contributed by atoms with E-state index in [1.54, 1.807) is 11.3 Å². The van der Waals surface area contributed by atoms with Crippen molar-refractivity contribution in [1.82, 2.24) is 10.3 Å². The fraction of sp³-hybridized carbons (Fsp3) is 0.471. The lowest BCUT2D eigenvalue weighted by atomic mass is 10.1. The summed E-state index contributed by atoms with van der Waals surface area (Å²) in [4.78, 5) is 6.14. The van der Waals surface area contributed by atoms with Crippen molar-refractivity contribution in [2.24, 2.45) is 5.92 Å². The van der Waals surface area contributed by atoms with Crippen molar-refractivity contribution in [3.05, 3.63) is 51.2 Å². The van der Waals surface area contributed by atoms with Crippen LogP contribution < -0.4 is 5.32 Å². The first kappa shape index (κ1) is 16.1. The Bertz CT molecular complexity index is 561. The van der Waals surface area contributed by atoms with Gasteiger partial charge in [-0.25, -0.2) is 9.37 Å². The van der Waals surface area contributed by atoms with E-state index < -0.39 is 0 Å². The van der Waals surface area contributed by atoms with E-state index in [0.717, 1.165) is 36.5 Å². The zero-order valence-corrected chi connectivity index (χ0v) is 13.8. The molecule has 0 saturated heterocycles. The van der Waals surface area contributed by atoms with Crippen LogP contribution in [-0.4, -0.2) is 11.5 Å². The van der Waals surface area contributed by atoms with Crippen molar-refractivity contribution in [2.45, 2.75) is 40.2 Å². The van der Waals surface area contributed by atoms with Crippen molar-refractivity contribution in [2.75, 3.05) is 6.54 Å². The summed E-state index contributed by atoms with van der Waals surface area (Å²) in [6.45, 7) is 8.40. The molecule has 0 spiro atoms. The highest BCUT2D eigenvalue weighted by Crippen LogP contribution is 2.23. The number of aromatic nitrogens is 1. The van der Waals surface area contributed by atoms with Gasteiger partial charge in [-0.1, -0.05) is 32.9 Å². The van der Waals surface area contributed by atoms with E-state index in [-0.39, 0.29) is 5.82 Å². The topological polar surface area (TPSA) is 24.9 Å². The lowest BCUT2D eigenvalue weighted by Crippen LogP contribution is -2.12. The van der Waals surface area contributed by atoms with Crippen LogP contribution in [0.25, 0.3) is 0 Å². The molecule has 0 amide bonds. The van der Waals surface area contributed by atoms with E-state index in [0.29, 0.717) is 5.92 Å². The summed E-state index contributed by atoms with van der Waals surface area (Å²) < 4.78 is 13.0.